The van der Waals surface area contributed by atoms with Gasteiger partial charge in [-0.25, -0.2) is 0 Å². The normalized spacial score (nSPS) is 23.9. The Bertz CT molecular complexity index is 637. The number of thiazole rings is 1. The van der Waals surface area contributed by atoms with E-state index in [-0.39, 0.29) is 11.9 Å². The summed E-state index contributed by atoms with van der Waals surface area (Å²) in [5.41, 5.74) is 1.17. The van der Waals surface area contributed by atoms with Gasteiger partial charge in [0.2, 0.25) is 5.91 Å². The van der Waals surface area contributed by atoms with E-state index in [0.29, 0.717) is 11.3 Å². The van der Waals surface area contributed by atoms with Crippen molar-refractivity contribution >= 4 is 17.2 Å². The van der Waals surface area contributed by atoms with Gasteiger partial charge in [-0.2, -0.15) is 0 Å². The Morgan fingerprint density at radius 2 is 2.10 bits per heavy atom. The summed E-state index contributed by atoms with van der Waals surface area (Å²) in [4.78, 5) is 17.0. The maximum absolute atomic E-state index is 12.0. The predicted molar refractivity (Wildman–Crippen MR) is 79.1 cm³/mol. The molecule has 0 saturated carbocycles. The van der Waals surface area contributed by atoms with Crippen LogP contribution in [0.2, 0.25) is 0 Å². The van der Waals surface area contributed by atoms with Gasteiger partial charge in [0.15, 0.2) is 0 Å². The van der Waals surface area contributed by atoms with E-state index in [0.717, 1.165) is 4.88 Å². The van der Waals surface area contributed by atoms with Gasteiger partial charge in [0.05, 0.1) is 24.6 Å². The van der Waals surface area contributed by atoms with Crippen LogP contribution in [-0.2, 0) is 10.4 Å². The quantitative estimate of drug-likeness (QED) is 0.846. The van der Waals surface area contributed by atoms with E-state index in [1.54, 1.807) is 50.0 Å². The molecule has 0 aliphatic carbocycles. The van der Waals surface area contributed by atoms with Crippen LogP contribution in [0.25, 0.3) is 0 Å². The Balaban J connectivity index is 1.90. The molecule has 1 saturated heterocycles. The van der Waals surface area contributed by atoms with Gasteiger partial charge in [-0.3, -0.25) is 9.78 Å². The Morgan fingerprint density at radius 3 is 2.62 bits per heavy atom. The highest BCUT2D eigenvalue weighted by Gasteiger charge is 2.52. The SMILES string of the molecule is COc1ccc(C(C)(O)C2C(=O)NC2c2cncs2)cc1. The number of nitrogens with one attached hydrogen (secondary N) is 1. The van der Waals surface area contributed by atoms with Crippen LogP contribution in [0.3, 0.4) is 0 Å². The molecule has 5 nitrogen and oxygen atoms in total. The van der Waals surface area contributed by atoms with Gasteiger partial charge < -0.3 is 15.2 Å². The van der Waals surface area contributed by atoms with E-state index >= 15 is 0 Å². The highest BCUT2D eigenvalue weighted by atomic mass is 32.1. The average Bonchev–Trinajstić information content (AvgIpc) is 2.97. The zero-order valence-electron chi connectivity index (χ0n) is 11.7. The molecule has 1 aliphatic heterocycles. The van der Waals surface area contributed by atoms with Crippen molar-refractivity contribution in [3.63, 3.8) is 0 Å². The number of rotatable bonds is 4. The fraction of sp³-hybridized carbons (Fsp3) is 0.333. The Kier molecular flexibility index (Phi) is 3.43. The number of aromatic nitrogens is 1. The lowest BCUT2D eigenvalue weighted by molar-refractivity contribution is -0.151. The van der Waals surface area contributed by atoms with Crippen LogP contribution in [0.5, 0.6) is 5.75 Å². The summed E-state index contributed by atoms with van der Waals surface area (Å²) in [7, 11) is 1.59. The van der Waals surface area contributed by atoms with Gasteiger partial charge in [0.25, 0.3) is 0 Å². The summed E-state index contributed by atoms with van der Waals surface area (Å²) in [5, 5.41) is 13.7. The second-order valence-corrected chi connectivity index (χ2v) is 6.16. The molecule has 1 aromatic carbocycles. The van der Waals surface area contributed by atoms with Crippen molar-refractivity contribution < 1.29 is 14.6 Å². The zero-order chi connectivity index (χ0) is 15.0. The third kappa shape index (κ3) is 2.30. The van der Waals surface area contributed by atoms with Crippen molar-refractivity contribution in [1.82, 2.24) is 10.3 Å². The van der Waals surface area contributed by atoms with Crippen LogP contribution in [0.1, 0.15) is 23.4 Å². The van der Waals surface area contributed by atoms with E-state index in [1.165, 1.54) is 11.3 Å². The Hall–Kier alpha value is -1.92. The van der Waals surface area contributed by atoms with Crippen molar-refractivity contribution in [3.8, 4) is 5.75 Å². The van der Waals surface area contributed by atoms with Gasteiger partial charge in [-0.1, -0.05) is 12.1 Å². The fourth-order valence-electron chi connectivity index (χ4n) is 2.68. The molecule has 1 amide bonds. The minimum atomic E-state index is -1.25. The Morgan fingerprint density at radius 1 is 1.38 bits per heavy atom. The molecule has 21 heavy (non-hydrogen) atoms. The van der Waals surface area contributed by atoms with E-state index < -0.39 is 11.5 Å². The molecular weight excluding hydrogens is 288 g/mol. The summed E-state index contributed by atoms with van der Waals surface area (Å²) in [6.45, 7) is 1.67. The van der Waals surface area contributed by atoms with Gasteiger partial charge in [0, 0.05) is 11.1 Å². The summed E-state index contributed by atoms with van der Waals surface area (Å²) >= 11 is 1.47. The number of benzene rings is 1. The predicted octanol–water partition coefficient (Wildman–Crippen LogP) is 1.85. The minimum absolute atomic E-state index is 0.144. The van der Waals surface area contributed by atoms with E-state index in [4.69, 9.17) is 4.74 Å². The monoisotopic (exact) mass is 304 g/mol. The van der Waals surface area contributed by atoms with Crippen LogP contribution < -0.4 is 10.1 Å². The van der Waals surface area contributed by atoms with Crippen molar-refractivity contribution in [2.75, 3.05) is 7.11 Å². The number of ether oxygens (including phenoxy) is 1. The standard InChI is InChI=1S/C15H16N2O3S/c1-15(19,9-3-5-10(20-2)6-4-9)12-13(17-14(12)18)11-7-16-8-21-11/h3-8,12-13,19H,1-2H3,(H,17,18). The summed E-state index contributed by atoms with van der Waals surface area (Å²) in [5.74, 6) is 0.0483. The molecule has 0 radical (unpaired) electrons. The first-order chi connectivity index (χ1) is 10.0. The number of nitrogens with zero attached hydrogens (tertiary/aromatic N) is 1. The van der Waals surface area contributed by atoms with Crippen molar-refractivity contribution in [3.05, 3.63) is 46.4 Å². The molecule has 3 rings (SSSR count). The number of carbonyl (C=O) groups is 1. The second kappa shape index (κ2) is 5.13. The molecule has 2 heterocycles. The molecule has 0 bridgehead atoms. The summed E-state index contributed by atoms with van der Waals surface area (Å²) in [6, 6.07) is 6.94. The highest BCUT2D eigenvalue weighted by Crippen LogP contribution is 2.44. The number of amides is 1. The molecule has 1 aliphatic rings. The summed E-state index contributed by atoms with van der Waals surface area (Å²) in [6.07, 6.45) is 1.73. The third-order valence-electron chi connectivity index (χ3n) is 3.95. The van der Waals surface area contributed by atoms with Gasteiger partial charge in [-0.05, 0) is 24.6 Å². The number of hydrogen-bond donors (Lipinski definition) is 2. The molecular formula is C15H16N2O3S. The lowest BCUT2D eigenvalue weighted by atomic mass is 9.73. The maximum Gasteiger partial charge on any atom is 0.229 e. The van der Waals surface area contributed by atoms with Crippen LogP contribution in [0.15, 0.2) is 36.0 Å². The van der Waals surface area contributed by atoms with Gasteiger partial charge >= 0.3 is 0 Å². The largest absolute Gasteiger partial charge is 0.497 e. The van der Waals surface area contributed by atoms with Gasteiger partial charge in [0.1, 0.15) is 11.4 Å². The van der Waals surface area contributed by atoms with Crippen molar-refractivity contribution in [2.45, 2.75) is 18.6 Å². The number of carbonyl (C=O) groups excluding carboxylic acids is 1. The molecule has 3 unspecified atom stereocenters. The van der Waals surface area contributed by atoms with Crippen LogP contribution >= 0.6 is 11.3 Å². The maximum atomic E-state index is 12.0. The smallest absolute Gasteiger partial charge is 0.229 e. The molecule has 6 heteroatoms. The molecule has 2 N–H and O–H groups in total. The lowest BCUT2D eigenvalue weighted by Gasteiger charge is -2.44. The molecule has 1 aromatic heterocycles. The van der Waals surface area contributed by atoms with Crippen LogP contribution in [0, 0.1) is 5.92 Å². The van der Waals surface area contributed by atoms with Crippen LogP contribution in [-0.4, -0.2) is 23.1 Å². The molecule has 3 atom stereocenters. The second-order valence-electron chi connectivity index (χ2n) is 5.24. The first-order valence-corrected chi connectivity index (χ1v) is 7.47. The van der Waals surface area contributed by atoms with Crippen molar-refractivity contribution in [2.24, 2.45) is 5.92 Å². The zero-order valence-corrected chi connectivity index (χ0v) is 12.6. The first-order valence-electron chi connectivity index (χ1n) is 6.59. The topological polar surface area (TPSA) is 71.5 Å². The number of aliphatic hydroxyl groups is 1. The lowest BCUT2D eigenvalue weighted by Crippen LogP contribution is -2.59. The molecule has 0 spiro atoms. The van der Waals surface area contributed by atoms with E-state index in [1.807, 2.05) is 0 Å². The highest BCUT2D eigenvalue weighted by molar-refractivity contribution is 7.09. The van der Waals surface area contributed by atoms with Gasteiger partial charge in [-0.15, -0.1) is 11.3 Å². The number of hydrogen-bond acceptors (Lipinski definition) is 5. The van der Waals surface area contributed by atoms with Crippen LogP contribution in [0.4, 0.5) is 0 Å². The fourth-order valence-corrected chi connectivity index (χ4v) is 3.39. The average molecular weight is 304 g/mol. The number of methoxy groups -OCH3 is 1. The van der Waals surface area contributed by atoms with E-state index in [2.05, 4.69) is 10.3 Å². The summed E-state index contributed by atoms with van der Waals surface area (Å²) < 4.78 is 5.12. The molecule has 2 aromatic rings. The number of β-lactam (4-membered cyclic amide) rings is 1. The van der Waals surface area contributed by atoms with Crippen molar-refractivity contribution in [1.29, 1.82) is 0 Å². The Labute approximate surface area is 126 Å². The first kappa shape index (κ1) is 14.0. The third-order valence-corrected chi connectivity index (χ3v) is 4.81. The molecule has 1 fully saturated rings. The minimum Gasteiger partial charge on any atom is -0.497 e. The van der Waals surface area contributed by atoms with E-state index in [9.17, 15) is 9.90 Å². The molecule has 110 valence electrons.